The largest absolute Gasteiger partial charge is 0.368 e. The highest BCUT2D eigenvalue weighted by molar-refractivity contribution is 5.56. The smallest absolute Gasteiger partial charge is 0.222 e. The van der Waals surface area contributed by atoms with E-state index in [-0.39, 0.29) is 11.6 Å². The molecule has 13 heavy (non-hydrogen) atoms. The van der Waals surface area contributed by atoms with Gasteiger partial charge in [-0.1, -0.05) is 5.16 Å². The molecule has 0 aliphatic heterocycles. The number of pyridine rings is 1. The lowest BCUT2D eigenvalue weighted by Gasteiger charge is -1.94. The fourth-order valence-electron chi connectivity index (χ4n) is 0.975. The third kappa shape index (κ3) is 1.35. The lowest BCUT2D eigenvalue weighted by atomic mass is 10.2. The van der Waals surface area contributed by atoms with E-state index in [1.165, 1.54) is 24.4 Å². The molecular weight excluding hydrogens is 173 g/mol. The van der Waals surface area contributed by atoms with Crippen LogP contribution in [0.15, 0.2) is 28.9 Å². The highest BCUT2D eigenvalue weighted by Gasteiger charge is 2.09. The van der Waals surface area contributed by atoms with Crippen molar-refractivity contribution in [3.8, 4) is 11.4 Å². The molecule has 0 amide bonds. The summed E-state index contributed by atoms with van der Waals surface area (Å²) in [6, 6.07) is 4.22. The quantitative estimate of drug-likeness (QED) is 0.719. The van der Waals surface area contributed by atoms with E-state index in [0.717, 1.165) is 0 Å². The molecule has 0 aliphatic rings. The molecule has 0 fully saturated rings. The molecule has 0 aromatic carbocycles. The molecule has 0 spiro atoms. The maximum atomic E-state index is 13.1. The van der Waals surface area contributed by atoms with Crippen molar-refractivity contribution in [1.82, 2.24) is 10.1 Å². The van der Waals surface area contributed by atoms with E-state index in [4.69, 9.17) is 5.73 Å². The molecule has 2 aromatic rings. The zero-order valence-corrected chi connectivity index (χ0v) is 6.57. The SMILES string of the molecule is Nc1cc(-c2ncccc2F)no1. The maximum absolute atomic E-state index is 13.1. The minimum Gasteiger partial charge on any atom is -0.368 e. The normalized spacial score (nSPS) is 10.2. The van der Waals surface area contributed by atoms with E-state index in [9.17, 15) is 4.39 Å². The second-order valence-electron chi connectivity index (χ2n) is 2.45. The van der Waals surface area contributed by atoms with E-state index in [0.29, 0.717) is 5.69 Å². The molecule has 0 saturated heterocycles. The van der Waals surface area contributed by atoms with Gasteiger partial charge in [0, 0.05) is 12.3 Å². The van der Waals surface area contributed by atoms with Crippen LogP contribution in [-0.2, 0) is 0 Å². The third-order valence-corrected chi connectivity index (χ3v) is 1.53. The summed E-state index contributed by atoms with van der Waals surface area (Å²) in [7, 11) is 0. The first kappa shape index (κ1) is 7.72. The topological polar surface area (TPSA) is 64.9 Å². The van der Waals surface area contributed by atoms with Gasteiger partial charge in [0.15, 0.2) is 5.82 Å². The molecule has 0 saturated carbocycles. The molecule has 0 bridgehead atoms. The highest BCUT2D eigenvalue weighted by atomic mass is 19.1. The summed E-state index contributed by atoms with van der Waals surface area (Å²) < 4.78 is 17.7. The van der Waals surface area contributed by atoms with E-state index in [1.807, 2.05) is 0 Å². The molecular formula is C8H6FN3O. The van der Waals surface area contributed by atoms with Gasteiger partial charge in [0.05, 0.1) is 0 Å². The van der Waals surface area contributed by atoms with Crippen LogP contribution in [0.25, 0.3) is 11.4 Å². The predicted octanol–water partition coefficient (Wildman–Crippen LogP) is 1.46. The average Bonchev–Trinajstić information content (AvgIpc) is 2.53. The number of rotatable bonds is 1. The van der Waals surface area contributed by atoms with Crippen LogP contribution in [0.3, 0.4) is 0 Å². The summed E-state index contributed by atoms with van der Waals surface area (Å²) in [5.41, 5.74) is 5.73. The Bertz CT molecular complexity index is 427. The van der Waals surface area contributed by atoms with Crippen LogP contribution in [-0.4, -0.2) is 10.1 Å². The van der Waals surface area contributed by atoms with Gasteiger partial charge in [0.1, 0.15) is 11.4 Å². The fourth-order valence-corrected chi connectivity index (χ4v) is 0.975. The van der Waals surface area contributed by atoms with Gasteiger partial charge in [-0.05, 0) is 12.1 Å². The first-order valence-corrected chi connectivity index (χ1v) is 3.60. The van der Waals surface area contributed by atoms with Crippen molar-refractivity contribution < 1.29 is 8.91 Å². The zero-order valence-electron chi connectivity index (χ0n) is 6.57. The van der Waals surface area contributed by atoms with Gasteiger partial charge >= 0.3 is 0 Å². The first-order valence-electron chi connectivity index (χ1n) is 3.60. The van der Waals surface area contributed by atoms with E-state index < -0.39 is 5.82 Å². The van der Waals surface area contributed by atoms with Crippen LogP contribution in [0.4, 0.5) is 10.3 Å². The van der Waals surface area contributed by atoms with Crippen molar-refractivity contribution in [2.75, 3.05) is 5.73 Å². The average molecular weight is 179 g/mol. The lowest BCUT2D eigenvalue weighted by Crippen LogP contribution is -1.87. The number of halogens is 1. The van der Waals surface area contributed by atoms with Gasteiger partial charge in [0.2, 0.25) is 5.88 Å². The third-order valence-electron chi connectivity index (χ3n) is 1.53. The molecule has 0 aliphatic carbocycles. The van der Waals surface area contributed by atoms with Crippen molar-refractivity contribution in [2.45, 2.75) is 0 Å². The second kappa shape index (κ2) is 2.85. The number of nitrogens with two attached hydrogens (primary N) is 1. The summed E-state index contributed by atoms with van der Waals surface area (Å²) in [6.07, 6.45) is 1.48. The number of hydrogen-bond acceptors (Lipinski definition) is 4. The monoisotopic (exact) mass is 179 g/mol. The van der Waals surface area contributed by atoms with E-state index >= 15 is 0 Å². The summed E-state index contributed by atoms with van der Waals surface area (Å²) in [5, 5.41) is 3.54. The number of hydrogen-bond donors (Lipinski definition) is 1. The van der Waals surface area contributed by atoms with Crippen LogP contribution >= 0.6 is 0 Å². The predicted molar refractivity (Wildman–Crippen MR) is 44.1 cm³/mol. The molecule has 0 unspecified atom stereocenters. The van der Waals surface area contributed by atoms with Crippen LogP contribution in [0.5, 0.6) is 0 Å². The van der Waals surface area contributed by atoms with Crippen molar-refractivity contribution in [3.05, 3.63) is 30.2 Å². The number of anilines is 1. The number of aromatic nitrogens is 2. The van der Waals surface area contributed by atoms with E-state index in [1.54, 1.807) is 0 Å². The molecule has 66 valence electrons. The minimum atomic E-state index is -0.448. The van der Waals surface area contributed by atoms with Gasteiger partial charge in [-0.15, -0.1) is 0 Å². The van der Waals surface area contributed by atoms with Crippen LogP contribution in [0.2, 0.25) is 0 Å². The van der Waals surface area contributed by atoms with Crippen LogP contribution in [0, 0.1) is 5.82 Å². The molecule has 2 aromatic heterocycles. The Morgan fingerprint density at radius 1 is 1.46 bits per heavy atom. The minimum absolute atomic E-state index is 0.139. The standard InChI is InChI=1S/C8H6FN3O/c9-5-2-1-3-11-8(5)6-4-7(10)13-12-6/h1-4H,10H2. The second-order valence-corrected chi connectivity index (χ2v) is 2.45. The van der Waals surface area contributed by atoms with Gasteiger partial charge < -0.3 is 10.3 Å². The van der Waals surface area contributed by atoms with Crippen LogP contribution < -0.4 is 5.73 Å². The van der Waals surface area contributed by atoms with Crippen LogP contribution in [0.1, 0.15) is 0 Å². The highest BCUT2D eigenvalue weighted by Crippen LogP contribution is 2.19. The number of nitrogens with zero attached hydrogens (tertiary/aromatic N) is 2. The summed E-state index contributed by atoms with van der Waals surface area (Å²) in [4.78, 5) is 3.81. The van der Waals surface area contributed by atoms with Crippen molar-refractivity contribution in [3.63, 3.8) is 0 Å². The summed E-state index contributed by atoms with van der Waals surface area (Å²) in [5.74, 6) is -0.309. The Labute approximate surface area is 73.2 Å². The molecule has 4 nitrogen and oxygen atoms in total. The molecule has 5 heteroatoms. The molecule has 2 heterocycles. The molecule has 2 rings (SSSR count). The van der Waals surface area contributed by atoms with Gasteiger partial charge in [-0.3, -0.25) is 4.98 Å². The summed E-state index contributed by atoms with van der Waals surface area (Å²) in [6.45, 7) is 0. The molecule has 0 atom stereocenters. The van der Waals surface area contributed by atoms with Gasteiger partial charge in [0.25, 0.3) is 0 Å². The Morgan fingerprint density at radius 3 is 2.92 bits per heavy atom. The lowest BCUT2D eigenvalue weighted by molar-refractivity contribution is 0.438. The molecule has 0 radical (unpaired) electrons. The fraction of sp³-hybridized carbons (Fsp3) is 0. The van der Waals surface area contributed by atoms with Crippen molar-refractivity contribution in [1.29, 1.82) is 0 Å². The van der Waals surface area contributed by atoms with Gasteiger partial charge in [-0.25, -0.2) is 4.39 Å². The maximum Gasteiger partial charge on any atom is 0.222 e. The van der Waals surface area contributed by atoms with Gasteiger partial charge in [-0.2, -0.15) is 0 Å². The Hall–Kier alpha value is -1.91. The Balaban J connectivity index is 2.52. The zero-order chi connectivity index (χ0) is 9.26. The summed E-state index contributed by atoms with van der Waals surface area (Å²) >= 11 is 0. The van der Waals surface area contributed by atoms with E-state index in [2.05, 4.69) is 14.7 Å². The molecule has 2 N–H and O–H groups in total. The first-order chi connectivity index (χ1) is 6.27. The van der Waals surface area contributed by atoms with Crippen molar-refractivity contribution in [2.24, 2.45) is 0 Å². The number of nitrogen functional groups attached to an aromatic ring is 1. The van der Waals surface area contributed by atoms with Crippen molar-refractivity contribution >= 4 is 5.88 Å². The Morgan fingerprint density at radius 2 is 2.31 bits per heavy atom. The Kier molecular flexibility index (Phi) is 1.70.